The largest absolute Gasteiger partial charge is 0.494 e. The van der Waals surface area contributed by atoms with E-state index in [-0.39, 0.29) is 23.5 Å². The van der Waals surface area contributed by atoms with Crippen LogP contribution in [0.1, 0.15) is 6.85 Å². The van der Waals surface area contributed by atoms with Crippen molar-refractivity contribution in [2.24, 2.45) is 12.0 Å². The van der Waals surface area contributed by atoms with Crippen LogP contribution < -0.4 is 20.6 Å². The lowest BCUT2D eigenvalue weighted by Gasteiger charge is -2.25. The zero-order valence-electron chi connectivity index (χ0n) is 26.3. The van der Waals surface area contributed by atoms with E-state index in [1.165, 1.54) is 19.4 Å². The molecule has 9 nitrogen and oxygen atoms in total. The van der Waals surface area contributed by atoms with Crippen molar-refractivity contribution in [2.45, 2.75) is 0 Å². The number of rotatable bonds is 9. The zero-order valence-corrected chi connectivity index (χ0v) is 21.3. The van der Waals surface area contributed by atoms with E-state index in [1.807, 2.05) is 30.9 Å². The van der Waals surface area contributed by atoms with Gasteiger partial charge in [0.05, 0.1) is 26.9 Å². The molecular formula is C28H33N7O2. The fourth-order valence-corrected chi connectivity index (χ4v) is 3.87. The van der Waals surface area contributed by atoms with Gasteiger partial charge < -0.3 is 29.4 Å². The first-order chi connectivity index (χ1) is 19.8. The Hall–Kier alpha value is -4.37. The number of aromatic amines is 1. The summed E-state index contributed by atoms with van der Waals surface area (Å²) in [5, 5.41) is 3.41. The maximum absolute atomic E-state index is 12.3. The van der Waals surface area contributed by atoms with Gasteiger partial charge in [0.1, 0.15) is 11.4 Å². The van der Waals surface area contributed by atoms with Gasteiger partial charge in [0.15, 0.2) is 0 Å². The van der Waals surface area contributed by atoms with E-state index in [1.54, 1.807) is 36.4 Å². The minimum Gasteiger partial charge on any atom is -0.494 e. The SMILES string of the molecule is [2H]c1nc(=Nc2cc(NC(=O)C=C)c(N(C)CCN(C)C)cc2OC)[nH]c(-c2cn(C([2H])([2H])[2H])c3ccccc23)c1[2H]. The van der Waals surface area contributed by atoms with Crippen LogP contribution in [0, 0.1) is 0 Å². The summed E-state index contributed by atoms with van der Waals surface area (Å²) < 4.78 is 47.6. The second-order valence-electron chi connectivity index (χ2n) is 8.67. The quantitative estimate of drug-likeness (QED) is 0.337. The number of carbonyl (C=O) groups is 1. The molecule has 37 heavy (non-hydrogen) atoms. The predicted octanol–water partition coefficient (Wildman–Crippen LogP) is 3.93. The highest BCUT2D eigenvalue weighted by atomic mass is 16.5. The molecule has 0 aliphatic rings. The highest BCUT2D eigenvalue weighted by Gasteiger charge is 2.16. The van der Waals surface area contributed by atoms with Crippen molar-refractivity contribution in [1.82, 2.24) is 19.4 Å². The van der Waals surface area contributed by atoms with Gasteiger partial charge in [-0.25, -0.2) is 9.98 Å². The van der Waals surface area contributed by atoms with Crippen molar-refractivity contribution in [3.63, 3.8) is 0 Å². The number of hydrogen-bond acceptors (Lipinski definition) is 6. The van der Waals surface area contributed by atoms with E-state index in [2.05, 4.69) is 26.9 Å². The summed E-state index contributed by atoms with van der Waals surface area (Å²) in [5.74, 6) is -0.0199. The summed E-state index contributed by atoms with van der Waals surface area (Å²) in [6, 6.07) is 10.1. The molecule has 0 aliphatic heterocycles. The molecule has 1 amide bonds. The van der Waals surface area contributed by atoms with Crippen LogP contribution in [-0.4, -0.2) is 66.7 Å². The lowest BCUT2D eigenvalue weighted by molar-refractivity contribution is -0.111. The normalized spacial score (nSPS) is 14.0. The number of H-pyrrole nitrogens is 1. The standard InChI is InChI=1S/C28H33N7O2/c1-7-27(36)30-22-16-23(26(37-6)17-25(22)34(4)15-14-33(2)3)32-28-29-13-12-21(31-28)20-18-35(5)24-11-9-8-10-19(20)24/h7-13,16-18H,1,14-15H2,2-6H3,(H,30,36)(H,29,31,32)/i5D3,12D,13D. The maximum Gasteiger partial charge on any atom is 0.247 e. The van der Waals surface area contributed by atoms with E-state index < -0.39 is 12.9 Å². The van der Waals surface area contributed by atoms with Crippen LogP contribution >= 0.6 is 0 Å². The fourth-order valence-electron chi connectivity index (χ4n) is 3.87. The fraction of sp³-hybridized carbons (Fsp3) is 0.250. The van der Waals surface area contributed by atoms with Crippen LogP contribution in [0.3, 0.4) is 0 Å². The highest BCUT2D eigenvalue weighted by Crippen LogP contribution is 2.38. The maximum atomic E-state index is 12.3. The van der Waals surface area contributed by atoms with E-state index in [9.17, 15) is 4.79 Å². The van der Waals surface area contributed by atoms with Crippen molar-refractivity contribution >= 4 is 33.9 Å². The molecule has 4 rings (SSSR count). The van der Waals surface area contributed by atoms with Crippen LogP contribution in [0.5, 0.6) is 5.75 Å². The number of carbonyl (C=O) groups excluding carboxylic acids is 1. The average Bonchev–Trinajstić information content (AvgIpc) is 3.34. The molecule has 0 saturated heterocycles. The van der Waals surface area contributed by atoms with E-state index >= 15 is 0 Å². The molecule has 0 bridgehead atoms. The summed E-state index contributed by atoms with van der Waals surface area (Å²) in [6.45, 7) is 2.52. The van der Waals surface area contributed by atoms with Gasteiger partial charge in [-0.1, -0.05) is 24.8 Å². The molecule has 0 atom stereocenters. The molecule has 0 unspecified atom stereocenters. The number of benzene rings is 2. The Morgan fingerprint density at radius 1 is 1.32 bits per heavy atom. The first kappa shape index (κ1) is 19.8. The number of anilines is 2. The minimum atomic E-state index is -2.45. The first-order valence-corrected chi connectivity index (χ1v) is 11.6. The van der Waals surface area contributed by atoms with E-state index in [0.29, 0.717) is 45.8 Å². The Morgan fingerprint density at radius 2 is 2.14 bits per heavy atom. The van der Waals surface area contributed by atoms with Crippen molar-refractivity contribution in [1.29, 1.82) is 0 Å². The molecule has 0 spiro atoms. The smallest absolute Gasteiger partial charge is 0.247 e. The van der Waals surface area contributed by atoms with Crippen molar-refractivity contribution in [3.8, 4) is 17.0 Å². The van der Waals surface area contributed by atoms with Crippen LogP contribution in [0.15, 0.2) is 72.5 Å². The number of para-hydroxylation sites is 1. The Labute approximate surface area is 223 Å². The molecule has 0 fully saturated rings. The molecular weight excluding hydrogens is 466 g/mol. The van der Waals surface area contributed by atoms with Gasteiger partial charge in [-0.3, -0.25) is 4.79 Å². The number of ether oxygens (including phenoxy) is 1. The first-order valence-electron chi connectivity index (χ1n) is 14.1. The Morgan fingerprint density at radius 3 is 2.86 bits per heavy atom. The van der Waals surface area contributed by atoms with Crippen molar-refractivity contribution in [3.05, 3.63) is 73.1 Å². The number of fused-ring (bicyclic) bond motifs is 1. The van der Waals surface area contributed by atoms with Crippen LogP contribution in [0.2, 0.25) is 0 Å². The van der Waals surface area contributed by atoms with Gasteiger partial charge >= 0.3 is 0 Å². The number of aryl methyl sites for hydroxylation is 1. The van der Waals surface area contributed by atoms with Gasteiger partial charge in [-0.05, 0) is 38.3 Å². The highest BCUT2D eigenvalue weighted by molar-refractivity contribution is 6.02. The van der Waals surface area contributed by atoms with Gasteiger partial charge in [-0.2, -0.15) is 0 Å². The monoisotopic (exact) mass is 504 g/mol. The zero-order chi connectivity index (χ0) is 30.8. The lowest BCUT2D eigenvalue weighted by atomic mass is 10.1. The molecule has 192 valence electrons. The van der Waals surface area contributed by atoms with Crippen molar-refractivity contribution in [2.75, 3.05) is 51.6 Å². The number of nitrogens with one attached hydrogen (secondary N) is 2. The van der Waals surface area contributed by atoms with Crippen molar-refractivity contribution < 1.29 is 16.4 Å². The molecule has 2 aromatic carbocycles. The molecule has 0 radical (unpaired) electrons. The summed E-state index contributed by atoms with van der Waals surface area (Å²) in [7, 11) is 7.33. The summed E-state index contributed by atoms with van der Waals surface area (Å²) >= 11 is 0. The molecule has 2 N–H and O–H groups in total. The molecule has 0 saturated carbocycles. The summed E-state index contributed by atoms with van der Waals surface area (Å²) in [6.07, 6.45) is 2.25. The average molecular weight is 505 g/mol. The van der Waals surface area contributed by atoms with Crippen LogP contribution in [-0.2, 0) is 11.8 Å². The third-order valence-electron chi connectivity index (χ3n) is 5.82. The van der Waals surface area contributed by atoms with Gasteiger partial charge in [-0.15, -0.1) is 0 Å². The number of aromatic nitrogens is 3. The number of amides is 1. The van der Waals surface area contributed by atoms with Gasteiger partial charge in [0.2, 0.25) is 11.5 Å². The van der Waals surface area contributed by atoms with E-state index in [0.717, 1.165) is 11.1 Å². The van der Waals surface area contributed by atoms with Gasteiger partial charge in [0.25, 0.3) is 0 Å². The summed E-state index contributed by atoms with van der Waals surface area (Å²) in [5.41, 5.74) is 2.52. The van der Waals surface area contributed by atoms with Gasteiger partial charge in [0, 0.05) is 66.1 Å². The number of likely N-dealkylation sites (N-methyl/N-ethyl adjacent to an activating group) is 2. The lowest BCUT2D eigenvalue weighted by Crippen LogP contribution is -2.29. The predicted molar refractivity (Wildman–Crippen MR) is 149 cm³/mol. The molecule has 2 heterocycles. The number of methoxy groups -OCH3 is 1. The number of hydrogen-bond donors (Lipinski definition) is 2. The Kier molecular flexibility index (Phi) is 5.95. The molecule has 2 aromatic heterocycles. The van der Waals surface area contributed by atoms with Crippen LogP contribution in [0.25, 0.3) is 22.2 Å². The molecule has 0 aliphatic carbocycles. The Balaban J connectivity index is 1.91. The summed E-state index contributed by atoms with van der Waals surface area (Å²) in [4.78, 5) is 28.0. The van der Waals surface area contributed by atoms with E-state index in [4.69, 9.17) is 11.6 Å². The second-order valence-corrected chi connectivity index (χ2v) is 8.67. The third-order valence-corrected chi connectivity index (χ3v) is 5.82. The van der Waals surface area contributed by atoms with Crippen LogP contribution in [0.4, 0.5) is 17.1 Å². The Bertz CT molecular complexity index is 1710. The second kappa shape index (κ2) is 11.1. The number of nitrogens with zero attached hydrogens (tertiary/aromatic N) is 5. The topological polar surface area (TPSA) is 90.8 Å². The third kappa shape index (κ3) is 5.73. The minimum absolute atomic E-state index is 0.00951. The molecule has 9 heteroatoms. The molecule has 4 aromatic rings.